The molecule has 11 heteroatoms. The van der Waals surface area contributed by atoms with Gasteiger partial charge in [0.2, 0.25) is 5.82 Å². The van der Waals surface area contributed by atoms with Gasteiger partial charge in [0.05, 0.1) is 17.8 Å². The summed E-state index contributed by atoms with van der Waals surface area (Å²) < 4.78 is 53.7. The third kappa shape index (κ3) is 4.59. The van der Waals surface area contributed by atoms with Gasteiger partial charge in [-0.05, 0) is 42.3 Å². The van der Waals surface area contributed by atoms with E-state index in [2.05, 4.69) is 30.4 Å². The minimum Gasteiger partial charge on any atom is -0.363 e. The number of hydrogen-bond donors (Lipinski definition) is 1. The van der Waals surface area contributed by atoms with Crippen LogP contribution in [-0.2, 0) is 13.2 Å². The van der Waals surface area contributed by atoms with Gasteiger partial charge >= 0.3 is 6.18 Å². The van der Waals surface area contributed by atoms with Gasteiger partial charge < -0.3 is 5.32 Å². The largest absolute Gasteiger partial charge is 0.451 e. The lowest BCUT2D eigenvalue weighted by Crippen LogP contribution is -2.14. The van der Waals surface area contributed by atoms with Gasteiger partial charge in [-0.2, -0.15) is 18.3 Å². The van der Waals surface area contributed by atoms with Crippen LogP contribution in [0.1, 0.15) is 24.4 Å². The van der Waals surface area contributed by atoms with Gasteiger partial charge in [0.15, 0.2) is 0 Å². The van der Waals surface area contributed by atoms with Gasteiger partial charge in [-0.3, -0.25) is 4.68 Å². The summed E-state index contributed by atoms with van der Waals surface area (Å²) in [6.45, 7) is 1.77. The van der Waals surface area contributed by atoms with Gasteiger partial charge in [0.25, 0.3) is 0 Å². The Morgan fingerprint density at radius 1 is 0.889 bits per heavy atom. The molecule has 7 nitrogen and oxygen atoms in total. The molecule has 0 saturated carbocycles. The van der Waals surface area contributed by atoms with E-state index in [1.807, 2.05) is 25.4 Å². The molecule has 0 bridgehead atoms. The molecule has 0 radical (unpaired) electrons. The number of anilines is 1. The van der Waals surface area contributed by atoms with E-state index in [9.17, 15) is 17.6 Å². The molecule has 5 rings (SSSR count). The van der Waals surface area contributed by atoms with Crippen molar-refractivity contribution in [2.45, 2.75) is 19.1 Å². The lowest BCUT2D eigenvalue weighted by molar-refractivity contribution is -0.145. The summed E-state index contributed by atoms with van der Waals surface area (Å²) in [5.41, 5.74) is 4.35. The number of benzene rings is 2. The molecule has 0 saturated heterocycles. The molecule has 3 heterocycles. The Labute approximate surface area is 202 Å². The van der Waals surface area contributed by atoms with Crippen LogP contribution in [0.5, 0.6) is 0 Å². The van der Waals surface area contributed by atoms with E-state index in [0.717, 1.165) is 34.6 Å². The van der Waals surface area contributed by atoms with Crippen molar-refractivity contribution >= 4 is 16.7 Å². The molecular weight excluding hydrogens is 474 g/mol. The molecule has 0 amide bonds. The Kier molecular flexibility index (Phi) is 5.83. The highest BCUT2D eigenvalue weighted by atomic mass is 19.4. The highest BCUT2D eigenvalue weighted by Gasteiger charge is 2.34. The molecule has 0 aliphatic carbocycles. The number of halogens is 4. The third-order valence-electron chi connectivity index (χ3n) is 5.71. The molecule has 3 aromatic heterocycles. The van der Waals surface area contributed by atoms with E-state index >= 15 is 0 Å². The van der Waals surface area contributed by atoms with Crippen LogP contribution >= 0.6 is 0 Å². The summed E-state index contributed by atoms with van der Waals surface area (Å²) in [7, 11) is 1.81. The summed E-state index contributed by atoms with van der Waals surface area (Å²) in [6, 6.07) is 9.53. The Morgan fingerprint density at radius 3 is 2.25 bits per heavy atom. The molecule has 1 unspecified atom stereocenters. The molecule has 0 fully saturated rings. The fourth-order valence-corrected chi connectivity index (χ4v) is 3.87. The van der Waals surface area contributed by atoms with Crippen molar-refractivity contribution in [2.75, 3.05) is 5.32 Å². The lowest BCUT2D eigenvalue weighted by Gasteiger charge is -2.17. The fraction of sp³-hybridized carbons (Fsp3) is 0.160. The van der Waals surface area contributed by atoms with Gasteiger partial charge in [0, 0.05) is 47.7 Å². The maximum absolute atomic E-state index is 13.5. The Bertz CT molecular complexity index is 1530. The number of nitrogens with zero attached hydrogens (tertiary/aromatic N) is 6. The first-order chi connectivity index (χ1) is 17.2. The normalized spacial score (nSPS) is 12.6. The van der Waals surface area contributed by atoms with Crippen LogP contribution in [-0.4, -0.2) is 29.7 Å². The Hall–Kier alpha value is -4.41. The minimum absolute atomic E-state index is 0.342. The maximum atomic E-state index is 13.5. The predicted octanol–water partition coefficient (Wildman–Crippen LogP) is 5.82. The molecular formula is C25H19F4N7. The van der Waals surface area contributed by atoms with Crippen molar-refractivity contribution < 1.29 is 17.6 Å². The van der Waals surface area contributed by atoms with Crippen LogP contribution in [0.15, 0.2) is 67.5 Å². The lowest BCUT2D eigenvalue weighted by atomic mass is 9.97. The van der Waals surface area contributed by atoms with E-state index < -0.39 is 18.0 Å². The monoisotopic (exact) mass is 493 g/mol. The smallest absolute Gasteiger partial charge is 0.363 e. The van der Waals surface area contributed by atoms with Gasteiger partial charge in [-0.1, -0.05) is 12.1 Å². The molecule has 2 aromatic carbocycles. The molecule has 5 aromatic rings. The van der Waals surface area contributed by atoms with Crippen LogP contribution < -0.4 is 5.32 Å². The highest BCUT2D eigenvalue weighted by Crippen LogP contribution is 2.36. The van der Waals surface area contributed by atoms with Crippen LogP contribution in [0.2, 0.25) is 0 Å². The summed E-state index contributed by atoms with van der Waals surface area (Å²) >= 11 is 0. The molecule has 0 aliphatic heterocycles. The fourth-order valence-electron chi connectivity index (χ4n) is 3.87. The number of aromatic nitrogens is 6. The zero-order valence-corrected chi connectivity index (χ0v) is 19.1. The number of rotatable bonds is 5. The molecule has 182 valence electrons. The summed E-state index contributed by atoms with van der Waals surface area (Å²) in [5, 5.41) is 8.18. The van der Waals surface area contributed by atoms with Crippen molar-refractivity contribution in [3.63, 3.8) is 0 Å². The quantitative estimate of drug-likeness (QED) is 0.311. The van der Waals surface area contributed by atoms with Gasteiger partial charge in [-0.15, -0.1) is 0 Å². The van der Waals surface area contributed by atoms with Gasteiger partial charge in [-0.25, -0.2) is 24.3 Å². The highest BCUT2D eigenvalue weighted by molar-refractivity contribution is 6.02. The van der Waals surface area contributed by atoms with Crippen LogP contribution in [0, 0.1) is 5.82 Å². The Morgan fingerprint density at radius 2 is 1.61 bits per heavy atom. The number of fused-ring (bicyclic) bond motifs is 1. The van der Waals surface area contributed by atoms with Crippen LogP contribution in [0.3, 0.4) is 0 Å². The predicted molar refractivity (Wildman–Crippen MR) is 126 cm³/mol. The molecule has 1 atom stereocenters. The third-order valence-corrected chi connectivity index (χ3v) is 5.71. The van der Waals surface area contributed by atoms with Crippen molar-refractivity contribution in [3.8, 4) is 22.3 Å². The van der Waals surface area contributed by atoms with Crippen molar-refractivity contribution in [2.24, 2.45) is 7.05 Å². The summed E-state index contributed by atoms with van der Waals surface area (Å²) in [5.74, 6) is -1.07. The SMILES string of the molecule is CC(Nc1ncnc2c(-c3cnn(C)c3)cc(-c3ccc(F)cc3)cc12)c1cnc(C(F)(F)F)nc1. The van der Waals surface area contributed by atoms with Crippen molar-refractivity contribution in [1.82, 2.24) is 29.7 Å². The number of nitrogens with one attached hydrogen (secondary N) is 1. The number of alkyl halides is 3. The van der Waals surface area contributed by atoms with Gasteiger partial charge in [0.1, 0.15) is 18.0 Å². The topological polar surface area (TPSA) is 81.4 Å². The van der Waals surface area contributed by atoms with Crippen LogP contribution in [0.4, 0.5) is 23.4 Å². The zero-order valence-electron chi connectivity index (χ0n) is 19.1. The van der Waals surface area contributed by atoms with Crippen LogP contribution in [0.25, 0.3) is 33.2 Å². The first kappa shape index (κ1) is 23.3. The second kappa shape index (κ2) is 8.99. The minimum atomic E-state index is -4.61. The number of hydrogen-bond acceptors (Lipinski definition) is 6. The maximum Gasteiger partial charge on any atom is 0.451 e. The van der Waals surface area contributed by atoms with Crippen molar-refractivity contribution in [3.05, 3.63) is 84.7 Å². The molecule has 1 N–H and O–H groups in total. The molecule has 0 aliphatic rings. The van der Waals surface area contributed by atoms with Crippen molar-refractivity contribution in [1.29, 1.82) is 0 Å². The zero-order chi connectivity index (χ0) is 25.4. The first-order valence-electron chi connectivity index (χ1n) is 10.9. The van der Waals surface area contributed by atoms with E-state index in [0.29, 0.717) is 22.3 Å². The summed E-state index contributed by atoms with van der Waals surface area (Å²) in [6.07, 6.45) is 2.67. The Balaban J connectivity index is 1.60. The summed E-state index contributed by atoms with van der Waals surface area (Å²) in [4.78, 5) is 15.8. The van der Waals surface area contributed by atoms with E-state index in [1.54, 1.807) is 29.9 Å². The average Bonchev–Trinajstić information content (AvgIpc) is 3.29. The van der Waals surface area contributed by atoms with E-state index in [-0.39, 0.29) is 5.82 Å². The second-order valence-corrected chi connectivity index (χ2v) is 8.26. The van der Waals surface area contributed by atoms with E-state index in [4.69, 9.17) is 0 Å². The second-order valence-electron chi connectivity index (χ2n) is 8.26. The molecule has 36 heavy (non-hydrogen) atoms. The molecule has 0 spiro atoms. The first-order valence-corrected chi connectivity index (χ1v) is 10.9. The average molecular weight is 493 g/mol. The standard InChI is InChI=1S/C25H19F4N7/c1-14(17-9-30-24(31-10-17)25(27,28)29)35-23-21-8-16(15-3-5-19(26)6-4-15)7-20(22(21)32-13-33-23)18-11-34-36(2)12-18/h3-14H,1-2H3,(H,32,33,35). The van der Waals surface area contributed by atoms with E-state index in [1.165, 1.54) is 18.5 Å². The number of aryl methyl sites for hydroxylation is 1.